The van der Waals surface area contributed by atoms with Crippen LogP contribution in [0.1, 0.15) is 11.6 Å². The van der Waals surface area contributed by atoms with Crippen molar-refractivity contribution in [3.63, 3.8) is 0 Å². The Hall–Kier alpha value is -2.68. The summed E-state index contributed by atoms with van der Waals surface area (Å²) >= 11 is 0. The van der Waals surface area contributed by atoms with E-state index in [1.54, 1.807) is 12.1 Å². The molecule has 0 spiro atoms. The molecule has 6 heteroatoms. The summed E-state index contributed by atoms with van der Waals surface area (Å²) in [7, 11) is 0. The minimum atomic E-state index is -2.99. The van der Waals surface area contributed by atoms with E-state index in [0.717, 1.165) is 0 Å². The second kappa shape index (κ2) is 6.66. The molecule has 0 saturated heterocycles. The number of nitrogens with one attached hydrogen (secondary N) is 1. The number of hydrogen-bond acceptors (Lipinski definition) is 3. The largest absolute Gasteiger partial charge is 0.434 e. The first-order chi connectivity index (χ1) is 10.1. The minimum Gasteiger partial charge on any atom is -0.434 e. The van der Waals surface area contributed by atoms with Gasteiger partial charge in [0, 0.05) is 11.3 Å². The van der Waals surface area contributed by atoms with Gasteiger partial charge in [-0.1, -0.05) is 24.3 Å². The van der Waals surface area contributed by atoms with Gasteiger partial charge in [0.2, 0.25) is 0 Å². The molecule has 0 radical (unpaired) electrons. The summed E-state index contributed by atoms with van der Waals surface area (Å²) in [5.74, 6) is -0.559. The van der Waals surface area contributed by atoms with Crippen LogP contribution in [0.2, 0.25) is 0 Å². The Morgan fingerprint density at radius 2 is 1.86 bits per heavy atom. The van der Waals surface area contributed by atoms with E-state index >= 15 is 0 Å². The first-order valence-electron chi connectivity index (χ1n) is 6.05. The number of hydrogen-bond donors (Lipinski definition) is 1. The number of ether oxygens (including phenoxy) is 1. The van der Waals surface area contributed by atoms with Gasteiger partial charge < -0.3 is 10.1 Å². The predicted molar refractivity (Wildman–Crippen MR) is 71.5 cm³/mol. The second-order valence-electron chi connectivity index (χ2n) is 4.13. The Balaban J connectivity index is 2.28. The number of anilines is 1. The van der Waals surface area contributed by atoms with Crippen LogP contribution in [0.5, 0.6) is 5.75 Å². The smallest absolute Gasteiger partial charge is 0.387 e. The molecule has 0 bridgehead atoms. The molecule has 2 rings (SSSR count). The van der Waals surface area contributed by atoms with Crippen molar-refractivity contribution in [3.8, 4) is 11.8 Å². The molecular weight excluding hydrogens is 281 g/mol. The summed E-state index contributed by atoms with van der Waals surface area (Å²) in [5.41, 5.74) is 0.623. The van der Waals surface area contributed by atoms with Gasteiger partial charge in [0.15, 0.2) is 0 Å². The summed E-state index contributed by atoms with van der Waals surface area (Å²) in [4.78, 5) is 0. The molecule has 3 nitrogen and oxygen atoms in total. The molecule has 1 unspecified atom stereocenters. The van der Waals surface area contributed by atoms with Gasteiger partial charge in [-0.3, -0.25) is 0 Å². The number of alkyl halides is 2. The van der Waals surface area contributed by atoms with Crippen LogP contribution in [-0.2, 0) is 0 Å². The molecule has 0 aliphatic heterocycles. The molecular formula is C15H11F3N2O. The fraction of sp³-hybridized carbons (Fsp3) is 0.133. The second-order valence-corrected chi connectivity index (χ2v) is 4.13. The molecule has 0 saturated carbocycles. The van der Waals surface area contributed by atoms with E-state index < -0.39 is 18.5 Å². The minimum absolute atomic E-state index is 0.0945. The lowest BCUT2D eigenvalue weighted by atomic mass is 10.1. The molecule has 0 aliphatic rings. The Kier molecular flexibility index (Phi) is 4.67. The maximum Gasteiger partial charge on any atom is 0.387 e. The van der Waals surface area contributed by atoms with Crippen LogP contribution in [0, 0.1) is 17.1 Å². The molecule has 1 atom stereocenters. The number of rotatable bonds is 5. The molecule has 2 aromatic carbocycles. The van der Waals surface area contributed by atoms with Crippen LogP contribution in [0.15, 0.2) is 48.5 Å². The van der Waals surface area contributed by atoms with Crippen LogP contribution in [-0.4, -0.2) is 6.61 Å². The molecule has 0 heterocycles. The lowest BCUT2D eigenvalue weighted by molar-refractivity contribution is -0.0504. The standard InChI is InChI=1S/C15H11F3N2O/c16-10-4-3-5-11(8-10)20-13(9-19)12-6-1-2-7-14(12)21-15(17)18/h1-8,13,15,20H. The van der Waals surface area contributed by atoms with E-state index in [2.05, 4.69) is 10.1 Å². The third-order valence-electron chi connectivity index (χ3n) is 2.71. The highest BCUT2D eigenvalue weighted by Gasteiger charge is 2.17. The molecule has 21 heavy (non-hydrogen) atoms. The molecule has 0 fully saturated rings. The summed E-state index contributed by atoms with van der Waals surface area (Å²) in [6.07, 6.45) is 0. The molecule has 2 aromatic rings. The van der Waals surface area contributed by atoms with Crippen LogP contribution in [0.4, 0.5) is 18.9 Å². The SMILES string of the molecule is N#CC(Nc1cccc(F)c1)c1ccccc1OC(F)F. The van der Waals surface area contributed by atoms with Gasteiger partial charge in [0.05, 0.1) is 6.07 Å². The van der Waals surface area contributed by atoms with E-state index in [1.807, 2.05) is 6.07 Å². The predicted octanol–water partition coefficient (Wildman–Crippen LogP) is 4.10. The fourth-order valence-corrected chi connectivity index (χ4v) is 1.85. The lowest BCUT2D eigenvalue weighted by Gasteiger charge is -2.17. The summed E-state index contributed by atoms with van der Waals surface area (Å²) < 4.78 is 42.3. The summed E-state index contributed by atoms with van der Waals surface area (Å²) in [6, 6.07) is 12.5. The van der Waals surface area contributed by atoms with Crippen LogP contribution >= 0.6 is 0 Å². The van der Waals surface area contributed by atoms with Gasteiger partial charge in [-0.2, -0.15) is 14.0 Å². The Morgan fingerprint density at radius 1 is 1.10 bits per heavy atom. The third kappa shape index (κ3) is 3.89. The molecule has 1 N–H and O–H groups in total. The first kappa shape index (κ1) is 14.7. The van der Waals surface area contributed by atoms with Crippen molar-refractivity contribution in [1.29, 1.82) is 5.26 Å². The number of benzene rings is 2. The average Bonchev–Trinajstić information content (AvgIpc) is 2.45. The van der Waals surface area contributed by atoms with E-state index in [1.165, 1.54) is 36.4 Å². The maximum absolute atomic E-state index is 13.1. The van der Waals surface area contributed by atoms with E-state index in [4.69, 9.17) is 0 Å². The maximum atomic E-state index is 13.1. The number of para-hydroxylation sites is 1. The zero-order valence-corrected chi connectivity index (χ0v) is 10.8. The quantitative estimate of drug-likeness (QED) is 0.902. The van der Waals surface area contributed by atoms with Crippen LogP contribution in [0.25, 0.3) is 0 Å². The molecule has 0 aromatic heterocycles. The van der Waals surface area contributed by atoms with Gasteiger partial charge >= 0.3 is 6.61 Å². The number of halogens is 3. The zero-order chi connectivity index (χ0) is 15.2. The van der Waals surface area contributed by atoms with Crippen molar-refractivity contribution in [2.24, 2.45) is 0 Å². The number of nitrogens with zero attached hydrogens (tertiary/aromatic N) is 1. The fourth-order valence-electron chi connectivity index (χ4n) is 1.85. The molecule has 0 amide bonds. The van der Waals surface area contributed by atoms with Crippen LogP contribution < -0.4 is 10.1 Å². The van der Waals surface area contributed by atoms with Crippen LogP contribution in [0.3, 0.4) is 0 Å². The molecule has 108 valence electrons. The Labute approximate surface area is 119 Å². The molecule has 0 aliphatic carbocycles. The van der Waals surface area contributed by atoms with Crippen molar-refractivity contribution in [2.75, 3.05) is 5.32 Å². The van der Waals surface area contributed by atoms with Crippen molar-refractivity contribution in [3.05, 3.63) is 59.9 Å². The van der Waals surface area contributed by atoms with Gasteiger partial charge in [0.25, 0.3) is 0 Å². The zero-order valence-electron chi connectivity index (χ0n) is 10.8. The Morgan fingerprint density at radius 3 is 2.52 bits per heavy atom. The van der Waals surface area contributed by atoms with E-state index in [0.29, 0.717) is 5.69 Å². The van der Waals surface area contributed by atoms with Gasteiger partial charge in [-0.15, -0.1) is 0 Å². The number of nitriles is 1. The first-order valence-corrected chi connectivity index (χ1v) is 6.05. The summed E-state index contributed by atoms with van der Waals surface area (Å²) in [6.45, 7) is -2.99. The normalized spacial score (nSPS) is 11.8. The topological polar surface area (TPSA) is 45.0 Å². The van der Waals surface area contributed by atoms with Gasteiger partial charge in [-0.05, 0) is 24.3 Å². The summed E-state index contributed by atoms with van der Waals surface area (Å²) in [5, 5.41) is 12.0. The monoisotopic (exact) mass is 292 g/mol. The van der Waals surface area contributed by atoms with Crippen molar-refractivity contribution in [2.45, 2.75) is 12.7 Å². The Bertz CT molecular complexity index is 655. The lowest BCUT2D eigenvalue weighted by Crippen LogP contribution is -2.12. The van der Waals surface area contributed by atoms with E-state index in [-0.39, 0.29) is 11.3 Å². The van der Waals surface area contributed by atoms with E-state index in [9.17, 15) is 18.4 Å². The van der Waals surface area contributed by atoms with Crippen molar-refractivity contribution in [1.82, 2.24) is 0 Å². The van der Waals surface area contributed by atoms with Crippen molar-refractivity contribution < 1.29 is 17.9 Å². The van der Waals surface area contributed by atoms with Crippen molar-refractivity contribution >= 4 is 5.69 Å². The third-order valence-corrected chi connectivity index (χ3v) is 2.71. The highest BCUT2D eigenvalue weighted by atomic mass is 19.3. The highest BCUT2D eigenvalue weighted by molar-refractivity contribution is 5.50. The highest BCUT2D eigenvalue weighted by Crippen LogP contribution is 2.28. The average molecular weight is 292 g/mol. The van der Waals surface area contributed by atoms with Gasteiger partial charge in [-0.25, -0.2) is 4.39 Å². The van der Waals surface area contributed by atoms with Gasteiger partial charge in [0.1, 0.15) is 17.6 Å².